The molecule has 10 nitrogen and oxygen atoms in total. The van der Waals surface area contributed by atoms with Gasteiger partial charge in [-0.2, -0.15) is 0 Å². The molecule has 0 saturated heterocycles. The molecule has 4 aromatic rings. The summed E-state index contributed by atoms with van der Waals surface area (Å²) in [7, 11) is -9.65. The smallest absolute Gasteiger partial charge is 0.744 e. The van der Waals surface area contributed by atoms with E-state index < -0.39 is 53.2 Å². The molecule has 0 saturated carbocycles. The summed E-state index contributed by atoms with van der Waals surface area (Å²) in [6.45, 7) is 0. The maximum absolute atomic E-state index is 12.4. The van der Waals surface area contributed by atoms with E-state index in [-0.39, 0.29) is 61.3 Å². The SMILES string of the molecule is O=C1c2ccccc2C(=O)c2c1cccc2S(=O)(=O)[O-].O=C1c2ccccc2C(=O)c2c1cccc2S(=O)(=O)[O-].[Co+2]. The summed E-state index contributed by atoms with van der Waals surface area (Å²) in [5, 5.41) is 0. The Bertz CT molecular complexity index is 1880. The molecular weight excluding hydrogens is 619 g/mol. The van der Waals surface area contributed by atoms with Crippen molar-refractivity contribution in [3.63, 3.8) is 0 Å². The van der Waals surface area contributed by atoms with Crippen LogP contribution in [0.2, 0.25) is 0 Å². The predicted molar refractivity (Wildman–Crippen MR) is 135 cm³/mol. The quantitative estimate of drug-likeness (QED) is 0.257. The first-order chi connectivity index (χ1) is 18.8. The van der Waals surface area contributed by atoms with E-state index in [1.165, 1.54) is 48.5 Å². The Kier molecular flexibility index (Phi) is 7.79. The Morgan fingerprint density at radius 2 is 0.659 bits per heavy atom. The van der Waals surface area contributed by atoms with E-state index in [0.717, 1.165) is 12.1 Å². The Morgan fingerprint density at radius 1 is 0.390 bits per heavy atom. The third-order valence-corrected chi connectivity index (χ3v) is 8.12. The summed E-state index contributed by atoms with van der Waals surface area (Å²) in [5.74, 6) is -2.16. The van der Waals surface area contributed by atoms with Crippen molar-refractivity contribution in [2.24, 2.45) is 0 Å². The first kappa shape index (κ1) is 29.9. The van der Waals surface area contributed by atoms with Crippen LogP contribution in [0.25, 0.3) is 0 Å². The Balaban J connectivity index is 0.000000184. The fraction of sp³-hybridized carbons (Fsp3) is 0. The van der Waals surface area contributed by atoms with Gasteiger partial charge in [-0.15, -0.1) is 0 Å². The third kappa shape index (κ3) is 5.10. The van der Waals surface area contributed by atoms with Crippen molar-refractivity contribution < 1.29 is 61.9 Å². The van der Waals surface area contributed by atoms with Gasteiger partial charge in [-0.1, -0.05) is 72.8 Å². The molecule has 0 unspecified atom stereocenters. The van der Waals surface area contributed by atoms with Crippen LogP contribution in [0.1, 0.15) is 63.7 Å². The summed E-state index contributed by atoms with van der Waals surface area (Å²) >= 11 is 0. The van der Waals surface area contributed by atoms with Gasteiger partial charge in [0, 0.05) is 33.4 Å². The molecule has 0 atom stereocenters. The van der Waals surface area contributed by atoms with Gasteiger partial charge in [0.1, 0.15) is 20.2 Å². The number of carbonyl (C=O) groups is 4. The van der Waals surface area contributed by atoms with Crippen LogP contribution in [0.5, 0.6) is 0 Å². The molecule has 4 aromatic carbocycles. The monoisotopic (exact) mass is 633 g/mol. The molecule has 207 valence electrons. The summed E-state index contributed by atoms with van der Waals surface area (Å²) in [6, 6.07) is 19.6. The number of hydrogen-bond donors (Lipinski definition) is 0. The van der Waals surface area contributed by atoms with Gasteiger partial charge < -0.3 is 9.11 Å². The molecule has 0 N–H and O–H groups in total. The second-order valence-corrected chi connectivity index (χ2v) is 11.4. The number of carbonyl (C=O) groups excluding carboxylic acids is 4. The molecule has 0 aliphatic heterocycles. The minimum absolute atomic E-state index is 0. The number of benzene rings is 4. The van der Waals surface area contributed by atoms with Crippen molar-refractivity contribution in [1.82, 2.24) is 0 Å². The molecule has 0 amide bonds. The average Bonchev–Trinajstić information content (AvgIpc) is 2.93. The normalized spacial score (nSPS) is 13.5. The van der Waals surface area contributed by atoms with Gasteiger partial charge in [-0.3, -0.25) is 19.2 Å². The van der Waals surface area contributed by atoms with Crippen LogP contribution in [0, 0.1) is 0 Å². The topological polar surface area (TPSA) is 183 Å². The van der Waals surface area contributed by atoms with Gasteiger partial charge >= 0.3 is 16.8 Å². The van der Waals surface area contributed by atoms with Crippen LogP contribution in [0.4, 0.5) is 0 Å². The first-order valence-corrected chi connectivity index (χ1v) is 14.2. The number of ketones is 4. The second-order valence-electron chi connectivity index (χ2n) is 8.67. The van der Waals surface area contributed by atoms with Crippen molar-refractivity contribution in [3.8, 4) is 0 Å². The zero-order valence-electron chi connectivity index (χ0n) is 20.3. The molecular formula is C28H14CoO10S2. The van der Waals surface area contributed by atoms with Crippen molar-refractivity contribution in [1.29, 1.82) is 0 Å². The van der Waals surface area contributed by atoms with Crippen molar-refractivity contribution >= 4 is 43.4 Å². The van der Waals surface area contributed by atoms with E-state index in [4.69, 9.17) is 0 Å². The standard InChI is InChI=1S/2C14H8O5S.Co/c2*15-13-8-4-1-2-5-9(8)14(16)12-10(13)6-3-7-11(12)20(17,18)19;/h2*1-7H,(H,17,18,19);/q;;+2/p-2. The van der Waals surface area contributed by atoms with Crippen molar-refractivity contribution in [2.75, 3.05) is 0 Å². The molecule has 0 spiro atoms. The van der Waals surface area contributed by atoms with Crippen LogP contribution in [-0.2, 0) is 37.0 Å². The van der Waals surface area contributed by atoms with Gasteiger partial charge in [0.2, 0.25) is 0 Å². The van der Waals surface area contributed by atoms with E-state index in [9.17, 15) is 45.1 Å². The summed E-state index contributed by atoms with van der Waals surface area (Å²) in [4.78, 5) is 48.0. The predicted octanol–water partition coefficient (Wildman–Crippen LogP) is 2.73. The van der Waals surface area contributed by atoms with Crippen molar-refractivity contribution in [2.45, 2.75) is 9.79 Å². The summed E-state index contributed by atoms with van der Waals surface area (Å²) in [5.41, 5.74) is -0.105. The minimum atomic E-state index is -4.83. The maximum Gasteiger partial charge on any atom is 2.00 e. The van der Waals surface area contributed by atoms with E-state index in [0.29, 0.717) is 0 Å². The van der Waals surface area contributed by atoms with E-state index in [1.807, 2.05) is 0 Å². The maximum atomic E-state index is 12.4. The van der Waals surface area contributed by atoms with E-state index >= 15 is 0 Å². The summed E-state index contributed by atoms with van der Waals surface area (Å²) < 4.78 is 67.5. The molecule has 0 fully saturated rings. The number of fused-ring (bicyclic) bond motifs is 4. The molecule has 2 aliphatic carbocycles. The van der Waals surface area contributed by atoms with Crippen molar-refractivity contribution in [3.05, 3.63) is 129 Å². The van der Waals surface area contributed by atoms with Gasteiger partial charge in [-0.25, -0.2) is 16.8 Å². The second kappa shape index (κ2) is 10.7. The van der Waals surface area contributed by atoms with E-state index in [1.54, 1.807) is 24.3 Å². The fourth-order valence-corrected chi connectivity index (χ4v) is 6.04. The Morgan fingerprint density at radius 3 is 0.951 bits per heavy atom. The van der Waals surface area contributed by atoms with Gasteiger partial charge in [0.25, 0.3) is 0 Å². The van der Waals surface area contributed by atoms with Crippen LogP contribution in [0.3, 0.4) is 0 Å². The zero-order chi connectivity index (χ0) is 29.0. The molecule has 2 aliphatic rings. The van der Waals surface area contributed by atoms with Gasteiger partial charge in [-0.05, 0) is 12.1 Å². The Hall–Kier alpha value is -4.11. The minimum Gasteiger partial charge on any atom is -0.744 e. The number of hydrogen-bond acceptors (Lipinski definition) is 10. The molecule has 0 bridgehead atoms. The molecule has 0 heterocycles. The fourth-order valence-electron chi connectivity index (χ4n) is 4.64. The van der Waals surface area contributed by atoms with E-state index in [2.05, 4.69) is 0 Å². The van der Waals surface area contributed by atoms with Crippen LogP contribution >= 0.6 is 0 Å². The summed E-state index contributed by atoms with van der Waals surface area (Å²) in [6.07, 6.45) is 0. The molecule has 0 aromatic heterocycles. The number of rotatable bonds is 2. The zero-order valence-corrected chi connectivity index (χ0v) is 23.0. The van der Waals surface area contributed by atoms with Gasteiger partial charge in [0.15, 0.2) is 23.1 Å². The van der Waals surface area contributed by atoms with Gasteiger partial charge in [0.05, 0.1) is 20.9 Å². The average molecular weight is 633 g/mol. The third-order valence-electron chi connectivity index (χ3n) is 6.37. The Labute approximate surface area is 243 Å². The molecule has 13 heteroatoms. The first-order valence-electron chi connectivity index (χ1n) is 11.4. The van der Waals surface area contributed by atoms with Crippen LogP contribution in [-0.4, -0.2) is 49.1 Å². The largest absolute Gasteiger partial charge is 2.00 e. The molecule has 41 heavy (non-hydrogen) atoms. The molecule has 6 rings (SSSR count). The van der Waals surface area contributed by atoms with Crippen LogP contribution in [0.15, 0.2) is 94.7 Å². The molecule has 1 radical (unpaired) electrons. The van der Waals surface area contributed by atoms with Crippen LogP contribution < -0.4 is 0 Å².